The molecule has 31 heavy (non-hydrogen) atoms. The van der Waals surface area contributed by atoms with Crippen molar-refractivity contribution >= 4 is 23.1 Å². The summed E-state index contributed by atoms with van der Waals surface area (Å²) in [6.07, 6.45) is 3.24. The summed E-state index contributed by atoms with van der Waals surface area (Å²) < 4.78 is 0. The van der Waals surface area contributed by atoms with Gasteiger partial charge >= 0.3 is 0 Å². The first-order valence-corrected chi connectivity index (χ1v) is 10.9. The summed E-state index contributed by atoms with van der Waals surface area (Å²) in [5.41, 5.74) is 6.78. The molecule has 1 aromatic heterocycles. The van der Waals surface area contributed by atoms with Crippen LogP contribution in [0.4, 0.5) is 11.5 Å². The molecule has 1 saturated heterocycles. The van der Waals surface area contributed by atoms with Gasteiger partial charge in [-0.3, -0.25) is 14.7 Å². The average Bonchev–Trinajstić information content (AvgIpc) is 3.43. The number of likely N-dealkylation sites (tertiary alicyclic amines) is 1. The Bertz CT molecular complexity index is 1160. The van der Waals surface area contributed by atoms with Gasteiger partial charge in [0.15, 0.2) is 0 Å². The van der Waals surface area contributed by atoms with E-state index < -0.39 is 0 Å². The van der Waals surface area contributed by atoms with Gasteiger partial charge in [0.05, 0.1) is 22.7 Å². The number of carbonyl (C=O) groups is 1. The monoisotopic (exact) mass is 410 g/mol. The molecule has 1 amide bonds. The Morgan fingerprint density at radius 1 is 1.00 bits per heavy atom. The number of hydrogen-bond acceptors (Lipinski definition) is 4. The summed E-state index contributed by atoms with van der Waals surface area (Å²) in [7, 11) is 0. The second-order valence-corrected chi connectivity index (χ2v) is 8.32. The van der Waals surface area contributed by atoms with E-state index in [4.69, 9.17) is 4.99 Å². The first kappa shape index (κ1) is 19.6. The number of nitrogens with one attached hydrogen (secondary N) is 1. The Morgan fingerprint density at radius 3 is 2.65 bits per heavy atom. The number of benzene rings is 2. The van der Waals surface area contributed by atoms with E-state index in [0.29, 0.717) is 11.4 Å². The lowest BCUT2D eigenvalue weighted by molar-refractivity contribution is 0.102. The fourth-order valence-electron chi connectivity index (χ4n) is 4.45. The number of hydrogen-bond donors (Lipinski definition) is 1. The van der Waals surface area contributed by atoms with E-state index in [-0.39, 0.29) is 5.91 Å². The molecule has 0 saturated carbocycles. The zero-order chi connectivity index (χ0) is 21.2. The molecule has 5 heteroatoms. The molecule has 0 atom stereocenters. The van der Waals surface area contributed by atoms with Crippen molar-refractivity contribution in [3.8, 4) is 0 Å². The number of anilines is 1. The highest BCUT2D eigenvalue weighted by molar-refractivity contribution is 6.13. The molecule has 0 spiro atoms. The standard InChI is InChI=1S/C26H26N4O/c1-18-8-2-3-11-21(18)23-16-19-9-6-12-22(25(19)28-23)26(31)29-24-13-7-10-20(27-24)17-30-14-4-5-15-30/h2-3,6-13H,4-5,14-17H2,1H3,(H,27,29,31). The van der Waals surface area contributed by atoms with E-state index >= 15 is 0 Å². The van der Waals surface area contributed by atoms with Crippen molar-refractivity contribution in [2.24, 2.45) is 4.99 Å². The number of para-hydroxylation sites is 1. The minimum atomic E-state index is -0.169. The van der Waals surface area contributed by atoms with Crippen LogP contribution in [0.15, 0.2) is 65.7 Å². The van der Waals surface area contributed by atoms with Gasteiger partial charge in [-0.2, -0.15) is 0 Å². The van der Waals surface area contributed by atoms with Gasteiger partial charge in [-0.05, 0) is 67.7 Å². The van der Waals surface area contributed by atoms with Crippen molar-refractivity contribution in [1.29, 1.82) is 0 Å². The highest BCUT2D eigenvalue weighted by Crippen LogP contribution is 2.33. The minimum Gasteiger partial charge on any atom is -0.306 e. The molecule has 2 aliphatic heterocycles. The van der Waals surface area contributed by atoms with Crippen LogP contribution in [-0.4, -0.2) is 34.6 Å². The van der Waals surface area contributed by atoms with Gasteiger partial charge in [-0.25, -0.2) is 4.98 Å². The SMILES string of the molecule is Cc1ccccc1C1=Nc2c(cccc2C(=O)Nc2cccc(CN3CCCC3)n2)C1. The molecule has 0 aliphatic carbocycles. The van der Waals surface area contributed by atoms with Crippen LogP contribution in [0.2, 0.25) is 0 Å². The molecular weight excluding hydrogens is 384 g/mol. The lowest BCUT2D eigenvalue weighted by atomic mass is 9.99. The predicted octanol–water partition coefficient (Wildman–Crippen LogP) is 4.92. The van der Waals surface area contributed by atoms with Crippen molar-refractivity contribution in [3.63, 3.8) is 0 Å². The van der Waals surface area contributed by atoms with Gasteiger partial charge in [0.2, 0.25) is 0 Å². The molecule has 2 aliphatic rings. The Hall–Kier alpha value is -3.31. The van der Waals surface area contributed by atoms with Crippen molar-refractivity contribution in [1.82, 2.24) is 9.88 Å². The van der Waals surface area contributed by atoms with E-state index in [9.17, 15) is 4.79 Å². The summed E-state index contributed by atoms with van der Waals surface area (Å²) in [4.78, 5) is 25.0. The van der Waals surface area contributed by atoms with Gasteiger partial charge in [0, 0.05) is 13.0 Å². The zero-order valence-electron chi connectivity index (χ0n) is 17.8. The van der Waals surface area contributed by atoms with Crippen molar-refractivity contribution < 1.29 is 4.79 Å². The zero-order valence-corrected chi connectivity index (χ0v) is 17.8. The lowest BCUT2D eigenvalue weighted by Crippen LogP contribution is -2.20. The summed E-state index contributed by atoms with van der Waals surface area (Å²) in [5.74, 6) is 0.415. The number of amides is 1. The van der Waals surface area contributed by atoms with E-state index in [0.717, 1.165) is 54.3 Å². The van der Waals surface area contributed by atoms with Gasteiger partial charge in [-0.15, -0.1) is 0 Å². The first-order valence-electron chi connectivity index (χ1n) is 10.9. The summed E-state index contributed by atoms with van der Waals surface area (Å²) in [6, 6.07) is 19.9. The molecule has 1 N–H and O–H groups in total. The number of carbonyl (C=O) groups excluding carboxylic acids is 1. The van der Waals surface area contributed by atoms with E-state index in [1.165, 1.54) is 18.4 Å². The van der Waals surface area contributed by atoms with Gasteiger partial charge in [0.25, 0.3) is 5.91 Å². The Labute approximate surface area is 182 Å². The van der Waals surface area contributed by atoms with Crippen LogP contribution in [0.25, 0.3) is 0 Å². The Morgan fingerprint density at radius 2 is 1.81 bits per heavy atom. The van der Waals surface area contributed by atoms with Crippen molar-refractivity contribution in [3.05, 3.63) is 88.6 Å². The van der Waals surface area contributed by atoms with Crippen LogP contribution < -0.4 is 5.32 Å². The van der Waals surface area contributed by atoms with Crippen LogP contribution in [0.1, 0.15) is 45.6 Å². The van der Waals surface area contributed by atoms with E-state index in [2.05, 4.69) is 40.3 Å². The van der Waals surface area contributed by atoms with Crippen LogP contribution in [0.3, 0.4) is 0 Å². The third-order valence-electron chi connectivity index (χ3n) is 6.06. The van der Waals surface area contributed by atoms with E-state index in [1.54, 1.807) is 0 Å². The third kappa shape index (κ3) is 4.14. The number of fused-ring (bicyclic) bond motifs is 1. The number of aryl methyl sites for hydroxylation is 1. The fourth-order valence-corrected chi connectivity index (χ4v) is 4.45. The normalized spacial score (nSPS) is 15.6. The maximum atomic E-state index is 13.1. The minimum absolute atomic E-state index is 0.169. The molecule has 5 nitrogen and oxygen atoms in total. The maximum Gasteiger partial charge on any atom is 0.259 e. The first-order chi connectivity index (χ1) is 15.2. The predicted molar refractivity (Wildman–Crippen MR) is 124 cm³/mol. The fraction of sp³-hybridized carbons (Fsp3) is 0.269. The van der Waals surface area contributed by atoms with E-state index in [1.807, 2.05) is 42.5 Å². The van der Waals surface area contributed by atoms with Gasteiger partial charge in [-0.1, -0.05) is 42.5 Å². The molecule has 1 fully saturated rings. The lowest BCUT2D eigenvalue weighted by Gasteiger charge is -2.14. The van der Waals surface area contributed by atoms with Gasteiger partial charge < -0.3 is 5.32 Å². The second kappa shape index (κ2) is 8.44. The molecule has 3 aromatic rings. The highest BCUT2D eigenvalue weighted by atomic mass is 16.1. The Kier molecular flexibility index (Phi) is 5.35. The van der Waals surface area contributed by atoms with Crippen LogP contribution in [0, 0.1) is 6.92 Å². The largest absolute Gasteiger partial charge is 0.306 e. The molecule has 0 unspecified atom stereocenters. The summed E-state index contributed by atoms with van der Waals surface area (Å²) in [5, 5.41) is 2.98. The molecule has 0 bridgehead atoms. The molecular formula is C26H26N4O. The quantitative estimate of drug-likeness (QED) is 0.650. The number of aliphatic imine (C=N–C) groups is 1. The van der Waals surface area contributed by atoms with Crippen LogP contribution in [0.5, 0.6) is 0 Å². The number of aromatic nitrogens is 1. The molecule has 156 valence electrons. The molecule has 3 heterocycles. The number of nitrogens with zero attached hydrogens (tertiary/aromatic N) is 3. The molecule has 2 aromatic carbocycles. The Balaban J connectivity index is 1.37. The summed E-state index contributed by atoms with van der Waals surface area (Å²) >= 11 is 0. The second-order valence-electron chi connectivity index (χ2n) is 8.32. The molecule has 0 radical (unpaired) electrons. The highest BCUT2D eigenvalue weighted by Gasteiger charge is 2.23. The summed E-state index contributed by atoms with van der Waals surface area (Å²) in [6.45, 7) is 5.16. The third-order valence-corrected chi connectivity index (χ3v) is 6.06. The maximum absolute atomic E-state index is 13.1. The number of pyridine rings is 1. The topological polar surface area (TPSA) is 57.6 Å². The average molecular weight is 411 g/mol. The number of rotatable bonds is 5. The van der Waals surface area contributed by atoms with Crippen molar-refractivity contribution in [2.75, 3.05) is 18.4 Å². The smallest absolute Gasteiger partial charge is 0.259 e. The van der Waals surface area contributed by atoms with Crippen molar-refractivity contribution in [2.45, 2.75) is 32.7 Å². The molecule has 5 rings (SSSR count). The van der Waals surface area contributed by atoms with Gasteiger partial charge in [0.1, 0.15) is 5.82 Å². The van der Waals surface area contributed by atoms with Crippen LogP contribution >= 0.6 is 0 Å². The van der Waals surface area contributed by atoms with Crippen LogP contribution in [-0.2, 0) is 13.0 Å².